The molecule has 160 valence electrons. The molecule has 0 radical (unpaired) electrons. The minimum absolute atomic E-state index is 0.124. The lowest BCUT2D eigenvalue weighted by Crippen LogP contribution is -2.14. The van der Waals surface area contributed by atoms with Crippen LogP contribution < -0.4 is 14.8 Å². The Kier molecular flexibility index (Phi) is 5.52. The van der Waals surface area contributed by atoms with E-state index >= 15 is 0 Å². The fourth-order valence-electron chi connectivity index (χ4n) is 3.15. The fraction of sp³-hybridized carbons (Fsp3) is 0.286. The molecule has 1 saturated carbocycles. The van der Waals surface area contributed by atoms with Gasteiger partial charge in [0.05, 0.1) is 24.7 Å². The number of aromatic nitrogens is 3. The molecule has 2 aromatic carbocycles. The molecule has 0 atom stereocenters. The van der Waals surface area contributed by atoms with Crippen LogP contribution >= 0.6 is 0 Å². The van der Waals surface area contributed by atoms with Crippen LogP contribution in [-0.2, 0) is 0 Å². The average molecular weight is 423 g/mol. The van der Waals surface area contributed by atoms with Crippen LogP contribution in [0.15, 0.2) is 36.4 Å². The van der Waals surface area contributed by atoms with Gasteiger partial charge in [0.1, 0.15) is 11.4 Å². The van der Waals surface area contributed by atoms with E-state index in [1.165, 1.54) is 19.2 Å². The Hall–Kier alpha value is -3.95. The number of nitrogens with zero attached hydrogens (tertiary/aromatic N) is 3. The molecule has 3 aromatic rings. The van der Waals surface area contributed by atoms with E-state index in [9.17, 15) is 14.9 Å². The number of nitrogens with one attached hydrogen (secondary N) is 2. The zero-order chi connectivity index (χ0) is 22.0. The summed E-state index contributed by atoms with van der Waals surface area (Å²) in [7, 11) is 1.38. The highest BCUT2D eigenvalue weighted by Gasteiger charge is 2.27. The number of hydrogen-bond donors (Lipinski definition) is 2. The third-order valence-corrected chi connectivity index (χ3v) is 4.89. The van der Waals surface area contributed by atoms with Crippen LogP contribution in [0.3, 0.4) is 0 Å². The van der Waals surface area contributed by atoms with Gasteiger partial charge >= 0.3 is 0 Å². The second kappa shape index (κ2) is 8.42. The number of carbonyl (C=O) groups excluding carboxylic acids is 1. The highest BCUT2D eigenvalue weighted by atomic mass is 16.6. The summed E-state index contributed by atoms with van der Waals surface area (Å²) in [6.45, 7) is 2.09. The zero-order valence-electron chi connectivity index (χ0n) is 17.0. The van der Waals surface area contributed by atoms with E-state index in [1.807, 2.05) is 0 Å². The predicted octanol–water partition coefficient (Wildman–Crippen LogP) is 3.92. The van der Waals surface area contributed by atoms with Gasteiger partial charge in [0, 0.05) is 23.2 Å². The SMILES string of the molecule is CCOc1cc(C(=O)Nc2ccc(-c3n[nH]c(C4CC4)n3)cc2)c([N+](=O)[O-])cc1OC. The van der Waals surface area contributed by atoms with Gasteiger partial charge in [-0.25, -0.2) is 4.98 Å². The lowest BCUT2D eigenvalue weighted by Gasteiger charge is -2.12. The van der Waals surface area contributed by atoms with Crippen molar-refractivity contribution < 1.29 is 19.2 Å². The highest BCUT2D eigenvalue weighted by molar-refractivity contribution is 6.07. The number of nitro benzene ring substituents is 1. The number of nitro groups is 1. The number of ether oxygens (including phenoxy) is 2. The number of anilines is 1. The first-order valence-electron chi connectivity index (χ1n) is 9.83. The van der Waals surface area contributed by atoms with Crippen molar-refractivity contribution in [3.8, 4) is 22.9 Å². The van der Waals surface area contributed by atoms with Crippen molar-refractivity contribution >= 4 is 17.3 Å². The quantitative estimate of drug-likeness (QED) is 0.414. The van der Waals surface area contributed by atoms with E-state index in [1.54, 1.807) is 31.2 Å². The number of amides is 1. The van der Waals surface area contributed by atoms with E-state index in [4.69, 9.17) is 9.47 Å². The molecule has 10 nitrogen and oxygen atoms in total. The van der Waals surface area contributed by atoms with Crippen LogP contribution in [0.25, 0.3) is 11.4 Å². The number of carbonyl (C=O) groups is 1. The van der Waals surface area contributed by atoms with E-state index in [0.717, 1.165) is 24.2 Å². The van der Waals surface area contributed by atoms with Crippen LogP contribution in [-0.4, -0.2) is 39.7 Å². The molecule has 0 aliphatic heterocycles. The van der Waals surface area contributed by atoms with Crippen LogP contribution in [0.1, 0.15) is 41.9 Å². The molecule has 4 rings (SSSR count). The van der Waals surface area contributed by atoms with Gasteiger partial charge in [-0.3, -0.25) is 20.0 Å². The van der Waals surface area contributed by atoms with Crippen molar-refractivity contribution in [3.05, 3.63) is 57.9 Å². The molecular weight excluding hydrogens is 402 g/mol. The smallest absolute Gasteiger partial charge is 0.286 e. The summed E-state index contributed by atoms with van der Waals surface area (Å²) in [5, 5.41) is 21.4. The Labute approximate surface area is 177 Å². The molecule has 10 heteroatoms. The first-order valence-corrected chi connectivity index (χ1v) is 9.83. The second-order valence-corrected chi connectivity index (χ2v) is 7.06. The second-order valence-electron chi connectivity index (χ2n) is 7.06. The van der Waals surface area contributed by atoms with E-state index in [-0.39, 0.29) is 22.7 Å². The van der Waals surface area contributed by atoms with Gasteiger partial charge in [-0.05, 0) is 44.0 Å². The van der Waals surface area contributed by atoms with Gasteiger partial charge in [0.25, 0.3) is 11.6 Å². The van der Waals surface area contributed by atoms with Gasteiger partial charge < -0.3 is 14.8 Å². The number of hydrogen-bond acceptors (Lipinski definition) is 7. The molecule has 31 heavy (non-hydrogen) atoms. The van der Waals surface area contributed by atoms with Crippen molar-refractivity contribution in [1.29, 1.82) is 0 Å². The van der Waals surface area contributed by atoms with E-state index in [2.05, 4.69) is 20.5 Å². The number of rotatable bonds is 8. The number of benzene rings is 2. The minimum atomic E-state index is -0.628. The topological polar surface area (TPSA) is 132 Å². The van der Waals surface area contributed by atoms with Crippen LogP contribution in [0.5, 0.6) is 11.5 Å². The standard InChI is InChI=1S/C21H21N5O5/c1-3-31-18-10-15(16(26(28)29)11-17(18)30-2)21(27)22-14-8-6-13(7-9-14)20-23-19(24-25-20)12-4-5-12/h6-12H,3-5H2,1-2H3,(H,22,27)(H,23,24,25). The third kappa shape index (κ3) is 4.32. The molecule has 2 N–H and O–H groups in total. The Balaban J connectivity index is 1.55. The number of aromatic amines is 1. The van der Waals surface area contributed by atoms with Gasteiger partial charge in [-0.15, -0.1) is 0 Å². The molecule has 1 fully saturated rings. The molecule has 0 unspecified atom stereocenters. The summed E-state index contributed by atoms with van der Waals surface area (Å²) in [5.41, 5.74) is 0.786. The third-order valence-electron chi connectivity index (χ3n) is 4.89. The highest BCUT2D eigenvalue weighted by Crippen LogP contribution is 2.38. The summed E-state index contributed by atoms with van der Waals surface area (Å²) in [6.07, 6.45) is 2.25. The molecule has 1 aromatic heterocycles. The van der Waals surface area contributed by atoms with Crippen molar-refractivity contribution in [3.63, 3.8) is 0 Å². The summed E-state index contributed by atoms with van der Waals surface area (Å²) in [5.74, 6) is 1.77. The lowest BCUT2D eigenvalue weighted by molar-refractivity contribution is -0.385. The van der Waals surface area contributed by atoms with E-state index < -0.39 is 10.8 Å². The zero-order valence-corrected chi connectivity index (χ0v) is 17.0. The molecule has 1 heterocycles. The van der Waals surface area contributed by atoms with Crippen molar-refractivity contribution in [1.82, 2.24) is 15.2 Å². The lowest BCUT2D eigenvalue weighted by atomic mass is 10.1. The summed E-state index contributed by atoms with van der Waals surface area (Å²) in [4.78, 5) is 28.2. The van der Waals surface area contributed by atoms with Crippen molar-refractivity contribution in [2.45, 2.75) is 25.7 Å². The average Bonchev–Trinajstić information content (AvgIpc) is 3.50. The molecule has 0 bridgehead atoms. The maximum absolute atomic E-state index is 12.8. The van der Waals surface area contributed by atoms with Gasteiger partial charge in [0.15, 0.2) is 17.3 Å². The maximum atomic E-state index is 12.8. The molecule has 0 spiro atoms. The Morgan fingerprint density at radius 1 is 1.26 bits per heavy atom. The van der Waals surface area contributed by atoms with Crippen molar-refractivity contribution in [2.75, 3.05) is 19.0 Å². The van der Waals surface area contributed by atoms with Crippen LogP contribution in [0, 0.1) is 10.1 Å². The van der Waals surface area contributed by atoms with Crippen LogP contribution in [0.2, 0.25) is 0 Å². The monoisotopic (exact) mass is 423 g/mol. The molecule has 1 amide bonds. The van der Waals surface area contributed by atoms with Gasteiger partial charge in [-0.1, -0.05) is 0 Å². The molecule has 1 aliphatic carbocycles. The number of H-pyrrole nitrogens is 1. The summed E-state index contributed by atoms with van der Waals surface area (Å²) >= 11 is 0. The predicted molar refractivity (Wildman–Crippen MR) is 113 cm³/mol. The van der Waals surface area contributed by atoms with E-state index in [0.29, 0.717) is 24.0 Å². The first kappa shape index (κ1) is 20.3. The van der Waals surface area contributed by atoms with Crippen molar-refractivity contribution in [2.24, 2.45) is 0 Å². The normalized spacial score (nSPS) is 13.0. The maximum Gasteiger partial charge on any atom is 0.286 e. The first-order chi connectivity index (χ1) is 15.0. The summed E-state index contributed by atoms with van der Waals surface area (Å²) in [6, 6.07) is 9.45. The number of methoxy groups -OCH3 is 1. The molecular formula is C21H21N5O5. The van der Waals surface area contributed by atoms with Gasteiger partial charge in [0.2, 0.25) is 0 Å². The molecule has 0 saturated heterocycles. The van der Waals surface area contributed by atoms with Gasteiger partial charge in [-0.2, -0.15) is 5.10 Å². The molecule has 1 aliphatic rings. The Bertz CT molecular complexity index is 1120. The van der Waals surface area contributed by atoms with Crippen LogP contribution in [0.4, 0.5) is 11.4 Å². The largest absolute Gasteiger partial charge is 0.493 e. The minimum Gasteiger partial charge on any atom is -0.493 e. The Morgan fingerprint density at radius 3 is 2.61 bits per heavy atom. The summed E-state index contributed by atoms with van der Waals surface area (Å²) < 4.78 is 10.6. The Morgan fingerprint density at radius 2 is 2.00 bits per heavy atom. The fourth-order valence-corrected chi connectivity index (χ4v) is 3.15.